The van der Waals surface area contributed by atoms with E-state index in [2.05, 4.69) is 5.32 Å². The Morgan fingerprint density at radius 2 is 1.73 bits per heavy atom. The molecule has 0 aliphatic carbocycles. The zero-order valence-corrected chi connectivity index (χ0v) is 16.5. The van der Waals surface area contributed by atoms with Crippen LogP contribution in [0.5, 0.6) is 0 Å². The third kappa shape index (κ3) is 4.64. The molecule has 0 bridgehead atoms. The molecule has 0 aromatic heterocycles. The highest BCUT2D eigenvalue weighted by Gasteiger charge is 2.36. The molecular weight excluding hydrogens is 397 g/mol. The molecule has 0 saturated heterocycles. The van der Waals surface area contributed by atoms with Crippen LogP contribution in [-0.4, -0.2) is 30.6 Å². The fraction of sp³-hybridized carbons (Fsp3) is 0.273. The first-order valence-corrected chi connectivity index (χ1v) is 9.31. The molecule has 0 radical (unpaired) electrons. The number of ether oxygens (including phenoxy) is 1. The van der Waals surface area contributed by atoms with Crippen molar-refractivity contribution in [2.24, 2.45) is 0 Å². The van der Waals surface area contributed by atoms with Gasteiger partial charge in [-0.1, -0.05) is 42.5 Å². The number of urea groups is 1. The molecule has 1 heterocycles. The summed E-state index contributed by atoms with van der Waals surface area (Å²) in [5.41, 5.74) is 1.12. The molecule has 0 saturated carbocycles. The minimum absolute atomic E-state index is 0.136. The van der Waals surface area contributed by atoms with Crippen LogP contribution in [0.25, 0.3) is 0 Å². The van der Waals surface area contributed by atoms with Crippen molar-refractivity contribution in [3.8, 4) is 0 Å². The molecule has 0 unspecified atom stereocenters. The van der Waals surface area contributed by atoms with E-state index in [9.17, 15) is 22.8 Å². The fourth-order valence-electron chi connectivity index (χ4n) is 3.20. The molecule has 1 N–H and O–H groups in total. The van der Waals surface area contributed by atoms with Crippen molar-refractivity contribution in [2.45, 2.75) is 25.6 Å². The Bertz CT molecular complexity index is 954. The van der Waals surface area contributed by atoms with Crippen LogP contribution >= 0.6 is 0 Å². The van der Waals surface area contributed by atoms with Crippen LogP contribution in [0.1, 0.15) is 29.7 Å². The third-order valence-corrected chi connectivity index (χ3v) is 5.01. The number of rotatable bonds is 5. The summed E-state index contributed by atoms with van der Waals surface area (Å²) in [5, 5.41) is 2.66. The standard InChI is InChI=1S/C22H21F3N2O3/c1-14-18(20(28)30-13-12-15-6-4-3-5-7-15)19(26-21(29)27(14)2)16-8-10-17(11-9-16)22(23,24)25/h3-11,19H,12-13H2,1-2H3,(H,26,29)/t19-/m0/s1. The molecule has 1 aliphatic rings. The SMILES string of the molecule is CC1=C(C(=O)OCCc2ccccc2)[C@H](c2ccc(C(F)(F)F)cc2)NC(=O)N1C. The maximum atomic E-state index is 12.9. The maximum absolute atomic E-state index is 12.9. The number of amides is 2. The average Bonchev–Trinajstić information content (AvgIpc) is 2.72. The Balaban J connectivity index is 1.82. The van der Waals surface area contributed by atoms with E-state index in [0.717, 1.165) is 17.7 Å². The largest absolute Gasteiger partial charge is 0.462 e. The molecule has 2 amide bonds. The topological polar surface area (TPSA) is 58.6 Å². The molecule has 1 atom stereocenters. The number of nitrogens with one attached hydrogen (secondary N) is 1. The molecule has 0 spiro atoms. The lowest BCUT2D eigenvalue weighted by Crippen LogP contribution is -2.46. The first-order valence-electron chi connectivity index (χ1n) is 9.31. The van der Waals surface area contributed by atoms with Gasteiger partial charge in [0.05, 0.1) is 23.8 Å². The van der Waals surface area contributed by atoms with Crippen molar-refractivity contribution in [3.05, 3.63) is 82.6 Å². The average molecular weight is 418 g/mol. The van der Waals surface area contributed by atoms with Crippen LogP contribution in [0.2, 0.25) is 0 Å². The molecular formula is C22H21F3N2O3. The second kappa shape index (κ2) is 8.61. The van der Waals surface area contributed by atoms with Gasteiger partial charge in [0.15, 0.2) is 0 Å². The predicted molar refractivity (Wildman–Crippen MR) is 104 cm³/mol. The van der Waals surface area contributed by atoms with Gasteiger partial charge in [0.25, 0.3) is 0 Å². The Hall–Kier alpha value is -3.29. The first-order chi connectivity index (χ1) is 14.2. The van der Waals surface area contributed by atoms with Crippen LogP contribution in [0, 0.1) is 0 Å². The second-order valence-corrected chi connectivity index (χ2v) is 6.93. The number of carbonyl (C=O) groups excluding carboxylic acids is 2. The highest BCUT2D eigenvalue weighted by atomic mass is 19.4. The highest BCUT2D eigenvalue weighted by Crippen LogP contribution is 2.34. The van der Waals surface area contributed by atoms with Crippen molar-refractivity contribution < 1.29 is 27.5 Å². The van der Waals surface area contributed by atoms with Gasteiger partial charge < -0.3 is 15.0 Å². The van der Waals surface area contributed by atoms with E-state index in [-0.39, 0.29) is 12.2 Å². The van der Waals surface area contributed by atoms with Gasteiger partial charge in [-0.05, 0) is 30.2 Å². The van der Waals surface area contributed by atoms with Crippen molar-refractivity contribution in [1.82, 2.24) is 10.2 Å². The quantitative estimate of drug-likeness (QED) is 0.730. The van der Waals surface area contributed by atoms with Gasteiger partial charge >= 0.3 is 18.2 Å². The molecule has 2 aromatic rings. The maximum Gasteiger partial charge on any atom is 0.416 e. The Morgan fingerprint density at radius 1 is 1.10 bits per heavy atom. The fourth-order valence-corrected chi connectivity index (χ4v) is 3.20. The second-order valence-electron chi connectivity index (χ2n) is 6.93. The summed E-state index contributed by atoms with van der Waals surface area (Å²) in [7, 11) is 1.50. The lowest BCUT2D eigenvalue weighted by atomic mass is 9.94. The zero-order valence-electron chi connectivity index (χ0n) is 16.5. The molecule has 3 rings (SSSR count). The van der Waals surface area contributed by atoms with Crippen LogP contribution in [-0.2, 0) is 22.1 Å². The summed E-state index contributed by atoms with van der Waals surface area (Å²) in [4.78, 5) is 26.3. The van der Waals surface area contributed by atoms with E-state index in [4.69, 9.17) is 4.74 Å². The van der Waals surface area contributed by atoms with Crippen LogP contribution < -0.4 is 5.32 Å². The zero-order chi connectivity index (χ0) is 21.9. The molecule has 8 heteroatoms. The normalized spacial score (nSPS) is 17.0. The number of nitrogens with zero attached hydrogens (tertiary/aromatic N) is 1. The van der Waals surface area contributed by atoms with Crippen LogP contribution in [0.4, 0.5) is 18.0 Å². The van der Waals surface area contributed by atoms with Crippen molar-refractivity contribution >= 4 is 12.0 Å². The van der Waals surface area contributed by atoms with Crippen molar-refractivity contribution in [2.75, 3.05) is 13.7 Å². The summed E-state index contributed by atoms with van der Waals surface area (Å²) in [6.45, 7) is 1.74. The number of hydrogen-bond acceptors (Lipinski definition) is 3. The van der Waals surface area contributed by atoms with Gasteiger partial charge in [0.1, 0.15) is 0 Å². The number of halogens is 3. The smallest absolute Gasteiger partial charge is 0.416 e. The minimum Gasteiger partial charge on any atom is -0.462 e. The van der Waals surface area contributed by atoms with Crippen molar-refractivity contribution in [1.29, 1.82) is 0 Å². The molecule has 30 heavy (non-hydrogen) atoms. The summed E-state index contributed by atoms with van der Waals surface area (Å²) in [5.74, 6) is -0.625. The van der Waals surface area contributed by atoms with Gasteiger partial charge in [-0.3, -0.25) is 0 Å². The number of esters is 1. The molecule has 5 nitrogen and oxygen atoms in total. The van der Waals surface area contributed by atoms with E-state index in [1.54, 1.807) is 6.92 Å². The number of hydrogen-bond donors (Lipinski definition) is 1. The molecule has 2 aromatic carbocycles. The summed E-state index contributed by atoms with van der Waals surface area (Å²) < 4.78 is 44.0. The van der Waals surface area contributed by atoms with E-state index >= 15 is 0 Å². The monoisotopic (exact) mass is 418 g/mol. The van der Waals surface area contributed by atoms with Gasteiger partial charge in [0.2, 0.25) is 0 Å². The number of alkyl halides is 3. The predicted octanol–water partition coefficient (Wildman–Crippen LogP) is 4.46. The Kier molecular flexibility index (Phi) is 6.14. The lowest BCUT2D eigenvalue weighted by molar-refractivity contribution is -0.140. The number of carbonyl (C=O) groups is 2. The third-order valence-electron chi connectivity index (χ3n) is 5.01. The number of benzene rings is 2. The van der Waals surface area contributed by atoms with E-state index < -0.39 is 29.8 Å². The Morgan fingerprint density at radius 3 is 2.33 bits per heavy atom. The van der Waals surface area contributed by atoms with Gasteiger partial charge in [-0.15, -0.1) is 0 Å². The van der Waals surface area contributed by atoms with Crippen LogP contribution in [0.15, 0.2) is 65.9 Å². The summed E-state index contributed by atoms with van der Waals surface area (Å²) in [6, 6.07) is 12.5. The highest BCUT2D eigenvalue weighted by molar-refractivity contribution is 5.95. The number of allylic oxidation sites excluding steroid dienone is 1. The van der Waals surface area contributed by atoms with E-state index in [0.29, 0.717) is 17.7 Å². The molecule has 1 aliphatic heterocycles. The first kappa shape index (κ1) is 21.4. The van der Waals surface area contributed by atoms with Gasteiger partial charge in [-0.2, -0.15) is 13.2 Å². The summed E-state index contributed by atoms with van der Waals surface area (Å²) >= 11 is 0. The minimum atomic E-state index is -4.47. The summed E-state index contributed by atoms with van der Waals surface area (Å²) in [6.07, 6.45) is -3.95. The molecule has 158 valence electrons. The van der Waals surface area contributed by atoms with Crippen LogP contribution in [0.3, 0.4) is 0 Å². The van der Waals surface area contributed by atoms with Gasteiger partial charge in [0, 0.05) is 19.2 Å². The van der Waals surface area contributed by atoms with E-state index in [1.807, 2.05) is 30.3 Å². The van der Waals surface area contributed by atoms with Crippen molar-refractivity contribution in [3.63, 3.8) is 0 Å². The lowest BCUT2D eigenvalue weighted by Gasteiger charge is -2.33. The van der Waals surface area contributed by atoms with E-state index in [1.165, 1.54) is 24.1 Å². The Labute approximate surface area is 172 Å². The molecule has 0 fully saturated rings. The van der Waals surface area contributed by atoms with Gasteiger partial charge in [-0.25, -0.2) is 9.59 Å².